The highest BCUT2D eigenvalue weighted by Crippen LogP contribution is 2.33. The van der Waals surface area contributed by atoms with Gasteiger partial charge in [0.25, 0.3) is 0 Å². The molecule has 0 aliphatic carbocycles. The third-order valence-corrected chi connectivity index (χ3v) is 4.44. The predicted octanol–water partition coefficient (Wildman–Crippen LogP) is 4.97. The van der Waals surface area contributed by atoms with Crippen LogP contribution in [0.3, 0.4) is 0 Å². The molecule has 1 heterocycles. The quantitative estimate of drug-likeness (QED) is 0.452. The van der Waals surface area contributed by atoms with Gasteiger partial charge in [0.15, 0.2) is 0 Å². The first-order valence-electron chi connectivity index (χ1n) is 9.36. The van der Waals surface area contributed by atoms with Crippen molar-refractivity contribution in [2.75, 3.05) is 17.7 Å². The van der Waals surface area contributed by atoms with E-state index in [1.54, 1.807) is 36.4 Å². The number of carbonyl (C=O) groups is 1. The van der Waals surface area contributed by atoms with Crippen molar-refractivity contribution in [1.29, 1.82) is 0 Å². The lowest BCUT2D eigenvalue weighted by Crippen LogP contribution is -2.17. The maximum absolute atomic E-state index is 12.4. The average Bonchev–Trinajstić information content (AvgIpc) is 2.80. The molecule has 0 atom stereocenters. The summed E-state index contributed by atoms with van der Waals surface area (Å²) in [5.41, 5.74) is 2.59. The maximum atomic E-state index is 12.4. The third-order valence-electron chi connectivity index (χ3n) is 4.44. The van der Waals surface area contributed by atoms with E-state index in [-0.39, 0.29) is 0 Å². The smallest absolute Gasteiger partial charge is 0.417 e. The highest BCUT2D eigenvalue weighted by atomic mass is 16.6. The van der Waals surface area contributed by atoms with E-state index in [1.165, 1.54) is 13.4 Å². The average molecular weight is 410 g/mol. The van der Waals surface area contributed by atoms with E-state index in [2.05, 4.69) is 26.5 Å². The van der Waals surface area contributed by atoms with Gasteiger partial charge in [-0.3, -0.25) is 5.32 Å². The van der Waals surface area contributed by atoms with Crippen LogP contribution in [0.4, 0.5) is 22.0 Å². The van der Waals surface area contributed by atoms with E-state index in [0.29, 0.717) is 33.9 Å². The molecule has 2 N–H and O–H groups in total. The minimum atomic E-state index is -0.642. The van der Waals surface area contributed by atoms with Crippen LogP contribution in [0.25, 0.3) is 10.9 Å². The molecule has 0 spiro atoms. The van der Waals surface area contributed by atoms with E-state index in [4.69, 9.17) is 15.9 Å². The first kappa shape index (κ1) is 19.7. The van der Waals surface area contributed by atoms with Gasteiger partial charge in [0.2, 0.25) is 0 Å². The van der Waals surface area contributed by atoms with E-state index < -0.39 is 6.09 Å². The Hall–Kier alpha value is -4.57. The molecule has 0 saturated carbocycles. The highest BCUT2D eigenvalue weighted by Gasteiger charge is 2.14. The van der Waals surface area contributed by atoms with Gasteiger partial charge in [0, 0.05) is 22.7 Å². The molecule has 31 heavy (non-hydrogen) atoms. The molecule has 4 rings (SSSR count). The van der Waals surface area contributed by atoms with E-state index >= 15 is 0 Å². The lowest BCUT2D eigenvalue weighted by atomic mass is 10.1. The number of nitrogens with one attached hydrogen (secondary N) is 2. The maximum Gasteiger partial charge on any atom is 0.417 e. The number of hydrogen-bond acceptors (Lipinski definition) is 6. The summed E-state index contributed by atoms with van der Waals surface area (Å²) in [4.78, 5) is 21.0. The largest absolute Gasteiger partial charge is 0.494 e. The van der Waals surface area contributed by atoms with Gasteiger partial charge in [-0.15, -0.1) is 6.42 Å². The summed E-state index contributed by atoms with van der Waals surface area (Å²) in [7, 11) is 1.51. The fraction of sp³-hybridized carbons (Fsp3) is 0.0417. The van der Waals surface area contributed by atoms with Crippen LogP contribution in [0.1, 0.15) is 5.56 Å². The molecule has 4 aromatic rings. The number of fused-ring (bicyclic) bond motifs is 1. The van der Waals surface area contributed by atoms with Crippen molar-refractivity contribution in [3.05, 3.63) is 78.6 Å². The molecule has 7 heteroatoms. The minimum absolute atomic E-state index is 0.422. The number of hydrogen-bond donors (Lipinski definition) is 2. The van der Waals surface area contributed by atoms with Crippen molar-refractivity contribution in [3.8, 4) is 23.8 Å². The summed E-state index contributed by atoms with van der Waals surface area (Å²) in [6.07, 6.45) is 6.30. The number of benzene rings is 3. The second-order valence-electron chi connectivity index (χ2n) is 6.47. The van der Waals surface area contributed by atoms with Crippen LogP contribution >= 0.6 is 0 Å². The standard InChI is InChI=1S/C24H18N4O3/c1-3-16-8-7-9-17(12-16)27-23-19-13-21(22(30-2)14-20(19)25-15-26-23)28-24(29)31-18-10-5-4-6-11-18/h1,4-15H,2H3,(H,28,29)(H,25,26,27). The molecule has 0 saturated heterocycles. The summed E-state index contributed by atoms with van der Waals surface area (Å²) >= 11 is 0. The highest BCUT2D eigenvalue weighted by molar-refractivity contribution is 5.98. The molecule has 0 aliphatic rings. The molecular formula is C24H18N4O3. The van der Waals surface area contributed by atoms with E-state index in [1.807, 2.05) is 30.3 Å². The third kappa shape index (κ3) is 4.54. The van der Waals surface area contributed by atoms with Crippen molar-refractivity contribution in [3.63, 3.8) is 0 Å². The van der Waals surface area contributed by atoms with Crippen LogP contribution in [-0.2, 0) is 0 Å². The zero-order valence-corrected chi connectivity index (χ0v) is 16.6. The van der Waals surface area contributed by atoms with E-state index in [9.17, 15) is 4.79 Å². The molecule has 3 aromatic carbocycles. The lowest BCUT2D eigenvalue weighted by Gasteiger charge is -2.14. The number of amides is 1. The first-order valence-corrected chi connectivity index (χ1v) is 9.36. The Balaban J connectivity index is 1.66. The summed E-state index contributed by atoms with van der Waals surface area (Å²) < 4.78 is 10.7. The van der Waals surface area contributed by atoms with Gasteiger partial charge in [-0.1, -0.05) is 30.2 Å². The number of aromatic nitrogens is 2. The normalized spacial score (nSPS) is 10.2. The minimum Gasteiger partial charge on any atom is -0.494 e. The second-order valence-corrected chi connectivity index (χ2v) is 6.47. The Bertz CT molecular complexity index is 1280. The zero-order valence-electron chi connectivity index (χ0n) is 16.6. The van der Waals surface area contributed by atoms with E-state index in [0.717, 1.165) is 11.3 Å². The molecule has 7 nitrogen and oxygen atoms in total. The number of rotatable bonds is 5. The molecule has 1 aromatic heterocycles. The molecule has 0 bridgehead atoms. The van der Waals surface area contributed by atoms with Crippen molar-refractivity contribution in [1.82, 2.24) is 9.97 Å². The Labute approximate surface area is 179 Å². The van der Waals surface area contributed by atoms with Crippen LogP contribution in [0, 0.1) is 12.3 Å². The molecule has 0 fully saturated rings. The molecule has 0 radical (unpaired) electrons. The van der Waals surface area contributed by atoms with Crippen molar-refractivity contribution in [2.24, 2.45) is 0 Å². The van der Waals surface area contributed by atoms with Gasteiger partial charge >= 0.3 is 6.09 Å². The molecular weight excluding hydrogens is 392 g/mol. The number of para-hydroxylation sites is 1. The molecule has 1 amide bonds. The van der Waals surface area contributed by atoms with Crippen molar-refractivity contribution in [2.45, 2.75) is 0 Å². The topological polar surface area (TPSA) is 85.4 Å². The van der Waals surface area contributed by atoms with Gasteiger partial charge in [0.1, 0.15) is 23.6 Å². The monoisotopic (exact) mass is 410 g/mol. The van der Waals surface area contributed by atoms with Crippen LogP contribution in [0.5, 0.6) is 11.5 Å². The van der Waals surface area contributed by atoms with Gasteiger partial charge < -0.3 is 14.8 Å². The Kier molecular flexibility index (Phi) is 5.63. The van der Waals surface area contributed by atoms with Gasteiger partial charge in [-0.2, -0.15) is 0 Å². The van der Waals surface area contributed by atoms with Crippen LogP contribution < -0.4 is 20.1 Å². The zero-order chi connectivity index (χ0) is 21.6. The molecule has 152 valence electrons. The number of methoxy groups -OCH3 is 1. The Morgan fingerprint density at radius 3 is 2.65 bits per heavy atom. The fourth-order valence-electron chi connectivity index (χ4n) is 3.00. The summed E-state index contributed by atoms with van der Waals surface area (Å²) in [5.74, 6) is 4.03. The van der Waals surface area contributed by atoms with Gasteiger partial charge in [-0.05, 0) is 36.4 Å². The number of anilines is 3. The fourth-order valence-corrected chi connectivity index (χ4v) is 3.00. The number of nitrogens with zero attached hydrogens (tertiary/aromatic N) is 2. The van der Waals surface area contributed by atoms with Crippen molar-refractivity contribution < 1.29 is 14.3 Å². The number of carbonyl (C=O) groups excluding carboxylic acids is 1. The van der Waals surface area contributed by atoms with Crippen molar-refractivity contribution >= 4 is 34.2 Å². The lowest BCUT2D eigenvalue weighted by molar-refractivity contribution is 0.215. The van der Waals surface area contributed by atoms with Gasteiger partial charge in [-0.25, -0.2) is 14.8 Å². The second kappa shape index (κ2) is 8.84. The molecule has 0 aliphatic heterocycles. The van der Waals surface area contributed by atoms with Crippen LogP contribution in [-0.4, -0.2) is 23.2 Å². The summed E-state index contributed by atoms with van der Waals surface area (Å²) in [5, 5.41) is 6.65. The molecule has 0 unspecified atom stereocenters. The van der Waals surface area contributed by atoms with Crippen LogP contribution in [0.15, 0.2) is 73.1 Å². The SMILES string of the molecule is C#Cc1cccc(Nc2ncnc3cc(OC)c(NC(=O)Oc4ccccc4)cc23)c1. The summed E-state index contributed by atoms with van der Waals surface area (Å²) in [6.45, 7) is 0. The number of ether oxygens (including phenoxy) is 2. The Morgan fingerprint density at radius 2 is 1.87 bits per heavy atom. The Morgan fingerprint density at radius 1 is 1.03 bits per heavy atom. The first-order chi connectivity index (χ1) is 15.2. The predicted molar refractivity (Wildman–Crippen MR) is 120 cm³/mol. The van der Waals surface area contributed by atoms with Crippen LogP contribution in [0.2, 0.25) is 0 Å². The summed E-state index contributed by atoms with van der Waals surface area (Å²) in [6, 6.07) is 19.7. The number of terminal acetylenes is 1. The van der Waals surface area contributed by atoms with Gasteiger partial charge in [0.05, 0.1) is 18.3 Å².